The van der Waals surface area contributed by atoms with Gasteiger partial charge in [0.25, 0.3) is 5.91 Å². The van der Waals surface area contributed by atoms with Crippen molar-refractivity contribution in [3.05, 3.63) is 58.9 Å². The molecule has 2 rings (SSSR count). The fourth-order valence-electron chi connectivity index (χ4n) is 1.94. The molecule has 5 nitrogen and oxygen atoms in total. The molecule has 0 bridgehead atoms. The van der Waals surface area contributed by atoms with Gasteiger partial charge in [-0.15, -0.1) is 0 Å². The Morgan fingerprint density at radius 2 is 1.75 bits per heavy atom. The normalized spacial score (nSPS) is 10.4. The summed E-state index contributed by atoms with van der Waals surface area (Å²) in [5.41, 5.74) is 5.83. The summed E-state index contributed by atoms with van der Waals surface area (Å²) >= 11 is 0. The fraction of sp³-hybridized carbons (Fsp3) is 0.125. The molecule has 4 N–H and O–H groups in total. The molecule has 2 amide bonds. The number of aryl methyl sites for hydroxylation is 1. The maximum Gasteiger partial charge on any atom is 0.258 e. The molecule has 0 aliphatic heterocycles. The molecule has 0 aliphatic carbocycles. The number of nitrogens with one attached hydrogen (secondary N) is 2. The Labute approximate surface area is 135 Å². The van der Waals surface area contributed by atoms with Crippen molar-refractivity contribution >= 4 is 23.2 Å². The number of carbonyl (C=O) groups is 2. The number of amides is 2. The van der Waals surface area contributed by atoms with Gasteiger partial charge in [-0.25, -0.2) is 13.2 Å². The van der Waals surface area contributed by atoms with E-state index in [1.807, 2.05) is 0 Å². The molecule has 2 aromatic rings. The van der Waals surface area contributed by atoms with Crippen molar-refractivity contribution < 1.29 is 22.8 Å². The lowest BCUT2D eigenvalue weighted by Crippen LogP contribution is -2.22. The van der Waals surface area contributed by atoms with Crippen molar-refractivity contribution in [3.8, 4) is 0 Å². The topological polar surface area (TPSA) is 84.2 Å². The molecule has 0 fully saturated rings. The summed E-state index contributed by atoms with van der Waals surface area (Å²) < 4.78 is 39.8. The third-order valence-corrected chi connectivity index (χ3v) is 3.23. The van der Waals surface area contributed by atoms with E-state index in [1.54, 1.807) is 19.1 Å². The number of benzene rings is 2. The zero-order valence-electron chi connectivity index (χ0n) is 12.6. The summed E-state index contributed by atoms with van der Waals surface area (Å²) in [6.45, 7) is 1.46. The predicted octanol–water partition coefficient (Wildman–Crippen LogP) is 2.56. The van der Waals surface area contributed by atoms with Crippen molar-refractivity contribution in [3.63, 3.8) is 0 Å². The van der Waals surface area contributed by atoms with Gasteiger partial charge in [0.15, 0.2) is 17.5 Å². The van der Waals surface area contributed by atoms with Gasteiger partial charge in [0.2, 0.25) is 5.91 Å². The third-order valence-electron chi connectivity index (χ3n) is 3.23. The first-order chi connectivity index (χ1) is 11.3. The van der Waals surface area contributed by atoms with Gasteiger partial charge >= 0.3 is 0 Å². The van der Waals surface area contributed by atoms with E-state index in [0.29, 0.717) is 17.3 Å². The van der Waals surface area contributed by atoms with E-state index in [9.17, 15) is 22.8 Å². The second kappa shape index (κ2) is 7.14. The first-order valence-corrected chi connectivity index (χ1v) is 6.89. The maximum absolute atomic E-state index is 13.7. The fourth-order valence-corrected chi connectivity index (χ4v) is 1.94. The highest BCUT2D eigenvalue weighted by Crippen LogP contribution is 2.22. The van der Waals surface area contributed by atoms with Crippen molar-refractivity contribution in [1.29, 1.82) is 0 Å². The molecule has 0 unspecified atom stereocenters. The van der Waals surface area contributed by atoms with Crippen molar-refractivity contribution in [1.82, 2.24) is 0 Å². The van der Waals surface area contributed by atoms with Crippen LogP contribution in [0.1, 0.15) is 15.9 Å². The van der Waals surface area contributed by atoms with E-state index in [-0.39, 0.29) is 12.2 Å². The molecule has 126 valence electrons. The number of rotatable bonds is 4. The van der Waals surface area contributed by atoms with E-state index < -0.39 is 34.8 Å². The maximum atomic E-state index is 13.7. The Morgan fingerprint density at radius 1 is 1.04 bits per heavy atom. The average molecular weight is 337 g/mol. The van der Waals surface area contributed by atoms with Crippen LogP contribution in [0.25, 0.3) is 0 Å². The molecule has 0 aliphatic rings. The molecule has 0 aromatic heterocycles. The number of nitrogens with two attached hydrogens (primary N) is 1. The van der Waals surface area contributed by atoms with Crippen molar-refractivity contribution in [2.75, 3.05) is 17.2 Å². The number of hydrogen-bond acceptors (Lipinski definition) is 3. The zero-order valence-corrected chi connectivity index (χ0v) is 12.6. The van der Waals surface area contributed by atoms with Crippen LogP contribution < -0.4 is 16.4 Å². The third kappa shape index (κ3) is 3.72. The molecule has 2 aromatic carbocycles. The Morgan fingerprint density at radius 3 is 2.42 bits per heavy atom. The van der Waals surface area contributed by atoms with E-state index in [1.165, 1.54) is 6.07 Å². The smallest absolute Gasteiger partial charge is 0.258 e. The van der Waals surface area contributed by atoms with Crippen LogP contribution in [0.4, 0.5) is 24.5 Å². The molecule has 0 radical (unpaired) electrons. The highest BCUT2D eigenvalue weighted by molar-refractivity contribution is 6.05. The molecule has 0 heterocycles. The molecule has 24 heavy (non-hydrogen) atoms. The number of anilines is 2. The first-order valence-electron chi connectivity index (χ1n) is 6.89. The van der Waals surface area contributed by atoms with Gasteiger partial charge in [0.05, 0.1) is 12.1 Å². The largest absolute Gasteiger partial charge is 0.325 e. The Hall–Kier alpha value is -2.87. The summed E-state index contributed by atoms with van der Waals surface area (Å²) in [6.07, 6.45) is 0. The number of halogens is 3. The van der Waals surface area contributed by atoms with Crippen LogP contribution in [0, 0.1) is 24.4 Å². The van der Waals surface area contributed by atoms with Crippen molar-refractivity contribution in [2.24, 2.45) is 5.73 Å². The predicted molar refractivity (Wildman–Crippen MR) is 83.1 cm³/mol. The second-order valence-electron chi connectivity index (χ2n) is 4.96. The standard InChI is InChI=1S/C16H14F3N3O2/c1-8-2-3-9(21-13(23)7-20)6-12(8)22-16(24)10-4-5-11(17)15(19)14(10)18/h2-6H,7,20H2,1H3,(H,21,23)(H,22,24). The highest BCUT2D eigenvalue weighted by atomic mass is 19.2. The second-order valence-corrected chi connectivity index (χ2v) is 4.96. The van der Waals surface area contributed by atoms with Crippen LogP contribution in [0.15, 0.2) is 30.3 Å². The summed E-state index contributed by atoms with van der Waals surface area (Å²) in [6, 6.07) is 6.16. The molecule has 0 saturated heterocycles. The van der Waals surface area contributed by atoms with E-state index >= 15 is 0 Å². The van der Waals surface area contributed by atoms with Crippen molar-refractivity contribution in [2.45, 2.75) is 6.92 Å². The SMILES string of the molecule is Cc1ccc(NC(=O)CN)cc1NC(=O)c1ccc(F)c(F)c1F. The molecular formula is C16H14F3N3O2. The average Bonchev–Trinajstić information content (AvgIpc) is 2.55. The van der Waals surface area contributed by atoms with Gasteiger partial charge in [-0.3, -0.25) is 9.59 Å². The lowest BCUT2D eigenvalue weighted by Gasteiger charge is -2.12. The minimum absolute atomic E-state index is 0.213. The monoisotopic (exact) mass is 337 g/mol. The van der Waals surface area contributed by atoms with Gasteiger partial charge in [-0.2, -0.15) is 0 Å². The van der Waals surface area contributed by atoms with Gasteiger partial charge in [-0.1, -0.05) is 6.07 Å². The number of carbonyl (C=O) groups excluding carboxylic acids is 2. The van der Waals surface area contributed by atoms with Crippen LogP contribution >= 0.6 is 0 Å². The number of hydrogen-bond donors (Lipinski definition) is 3. The summed E-state index contributed by atoms with van der Waals surface area (Å²) in [5.74, 6) is -6.05. The lowest BCUT2D eigenvalue weighted by molar-refractivity contribution is -0.114. The van der Waals surface area contributed by atoms with Crippen LogP contribution in [-0.4, -0.2) is 18.4 Å². The van der Waals surface area contributed by atoms with Crippen LogP contribution in [0.2, 0.25) is 0 Å². The van der Waals surface area contributed by atoms with Gasteiger partial charge < -0.3 is 16.4 Å². The van der Waals surface area contributed by atoms with Crippen LogP contribution in [-0.2, 0) is 4.79 Å². The molecule has 0 atom stereocenters. The zero-order chi connectivity index (χ0) is 17.9. The molecule has 0 spiro atoms. The van der Waals surface area contributed by atoms with Crippen LogP contribution in [0.3, 0.4) is 0 Å². The molecule has 0 saturated carbocycles. The summed E-state index contributed by atoms with van der Waals surface area (Å²) in [7, 11) is 0. The van der Waals surface area contributed by atoms with Gasteiger partial charge in [0, 0.05) is 11.4 Å². The summed E-state index contributed by atoms with van der Waals surface area (Å²) in [4.78, 5) is 23.4. The highest BCUT2D eigenvalue weighted by Gasteiger charge is 2.19. The van der Waals surface area contributed by atoms with Crippen LogP contribution in [0.5, 0.6) is 0 Å². The quantitative estimate of drug-likeness (QED) is 0.750. The molecular weight excluding hydrogens is 323 g/mol. The van der Waals surface area contributed by atoms with E-state index in [4.69, 9.17) is 5.73 Å². The molecule has 8 heteroatoms. The van der Waals surface area contributed by atoms with Gasteiger partial charge in [0.1, 0.15) is 0 Å². The Balaban J connectivity index is 2.27. The minimum atomic E-state index is -1.72. The summed E-state index contributed by atoms with van der Waals surface area (Å²) in [5, 5.41) is 4.90. The first kappa shape index (κ1) is 17.5. The van der Waals surface area contributed by atoms with E-state index in [2.05, 4.69) is 10.6 Å². The Kier molecular flexibility index (Phi) is 5.20. The van der Waals surface area contributed by atoms with E-state index in [0.717, 1.165) is 6.07 Å². The lowest BCUT2D eigenvalue weighted by atomic mass is 10.1. The minimum Gasteiger partial charge on any atom is -0.325 e. The Bertz CT molecular complexity index is 809. The van der Waals surface area contributed by atoms with Gasteiger partial charge in [-0.05, 0) is 36.8 Å².